The summed E-state index contributed by atoms with van der Waals surface area (Å²) in [6, 6.07) is 20.1. The van der Waals surface area contributed by atoms with E-state index in [2.05, 4.69) is 12.1 Å². The first-order chi connectivity index (χ1) is 14.7. The molecular formula is C24H25N3O2S. The highest BCUT2D eigenvalue weighted by molar-refractivity contribution is 7.14. The van der Waals surface area contributed by atoms with Crippen molar-refractivity contribution in [3.63, 3.8) is 0 Å². The minimum atomic E-state index is -0.308. The Morgan fingerprint density at radius 1 is 1.13 bits per heavy atom. The lowest BCUT2D eigenvalue weighted by Crippen LogP contribution is -2.39. The number of carbonyl (C=O) groups is 2. The maximum absolute atomic E-state index is 13.4. The zero-order chi connectivity index (χ0) is 20.9. The predicted molar refractivity (Wildman–Crippen MR) is 120 cm³/mol. The number of rotatable bonds is 7. The summed E-state index contributed by atoms with van der Waals surface area (Å²) in [5.41, 5.74) is 3.07. The molecule has 0 bridgehead atoms. The van der Waals surface area contributed by atoms with Gasteiger partial charge in [0.05, 0.1) is 11.6 Å². The number of likely N-dealkylation sites (tertiary alicyclic amines) is 1. The van der Waals surface area contributed by atoms with Gasteiger partial charge in [0, 0.05) is 37.0 Å². The van der Waals surface area contributed by atoms with Gasteiger partial charge in [-0.05, 0) is 18.9 Å². The minimum absolute atomic E-state index is 0.0100. The van der Waals surface area contributed by atoms with Crippen molar-refractivity contribution in [3.8, 4) is 11.3 Å². The average molecular weight is 420 g/mol. The summed E-state index contributed by atoms with van der Waals surface area (Å²) in [5, 5.41) is 2.68. The third-order valence-electron chi connectivity index (χ3n) is 5.47. The third-order valence-corrected chi connectivity index (χ3v) is 6.33. The Morgan fingerprint density at radius 2 is 1.83 bits per heavy atom. The standard InChI is InChI=1S/C24H25N3O2S/c1-2-26-16-20(15-22(26)28)23(29)27(14-13-18-9-5-3-6-10-18)24-25-21(17-30-24)19-11-7-4-8-12-19/h3-12,17,20H,2,13-16H2,1H3. The molecule has 2 aromatic carbocycles. The van der Waals surface area contributed by atoms with Gasteiger partial charge in [0.1, 0.15) is 0 Å². The van der Waals surface area contributed by atoms with E-state index in [1.54, 1.807) is 9.80 Å². The Hall–Kier alpha value is -2.99. The number of amides is 2. The number of hydrogen-bond acceptors (Lipinski definition) is 4. The fourth-order valence-corrected chi connectivity index (χ4v) is 4.64. The molecule has 0 radical (unpaired) electrons. The monoisotopic (exact) mass is 419 g/mol. The van der Waals surface area contributed by atoms with Gasteiger partial charge in [-0.1, -0.05) is 60.7 Å². The molecule has 0 saturated carbocycles. The summed E-state index contributed by atoms with van der Waals surface area (Å²) in [4.78, 5) is 33.9. The molecular weight excluding hydrogens is 394 g/mol. The average Bonchev–Trinajstić information content (AvgIpc) is 3.42. The molecule has 30 heavy (non-hydrogen) atoms. The van der Waals surface area contributed by atoms with Crippen molar-refractivity contribution in [2.45, 2.75) is 19.8 Å². The number of benzene rings is 2. The van der Waals surface area contributed by atoms with Gasteiger partial charge in [0.15, 0.2) is 5.13 Å². The molecule has 2 heterocycles. The van der Waals surface area contributed by atoms with Gasteiger partial charge < -0.3 is 4.90 Å². The van der Waals surface area contributed by atoms with Crippen LogP contribution in [0.15, 0.2) is 66.0 Å². The lowest BCUT2D eigenvalue weighted by Gasteiger charge is -2.23. The maximum atomic E-state index is 13.4. The van der Waals surface area contributed by atoms with E-state index >= 15 is 0 Å². The molecule has 0 aliphatic carbocycles. The summed E-state index contributed by atoms with van der Waals surface area (Å²) in [5.74, 6) is -0.260. The zero-order valence-corrected chi connectivity index (χ0v) is 17.8. The van der Waals surface area contributed by atoms with Crippen LogP contribution in [0.5, 0.6) is 0 Å². The van der Waals surface area contributed by atoms with Crippen LogP contribution in [-0.2, 0) is 16.0 Å². The molecule has 4 rings (SSSR count). The van der Waals surface area contributed by atoms with Gasteiger partial charge >= 0.3 is 0 Å². The normalized spacial score (nSPS) is 16.1. The maximum Gasteiger partial charge on any atom is 0.234 e. The molecule has 1 atom stereocenters. The van der Waals surface area contributed by atoms with E-state index in [4.69, 9.17) is 4.98 Å². The first-order valence-electron chi connectivity index (χ1n) is 10.3. The van der Waals surface area contributed by atoms with E-state index in [-0.39, 0.29) is 24.2 Å². The van der Waals surface area contributed by atoms with Crippen molar-refractivity contribution >= 4 is 28.3 Å². The number of nitrogens with zero attached hydrogens (tertiary/aromatic N) is 3. The summed E-state index contributed by atoms with van der Waals surface area (Å²) < 4.78 is 0. The van der Waals surface area contributed by atoms with E-state index in [9.17, 15) is 9.59 Å². The van der Waals surface area contributed by atoms with Gasteiger partial charge in [-0.25, -0.2) is 4.98 Å². The Kier molecular flexibility index (Phi) is 6.23. The van der Waals surface area contributed by atoms with E-state index < -0.39 is 0 Å². The van der Waals surface area contributed by atoms with Crippen LogP contribution < -0.4 is 4.90 Å². The smallest absolute Gasteiger partial charge is 0.234 e. The second-order valence-corrected chi connectivity index (χ2v) is 8.28. The summed E-state index contributed by atoms with van der Waals surface area (Å²) in [7, 11) is 0. The molecule has 1 aliphatic heterocycles. The van der Waals surface area contributed by atoms with Crippen LogP contribution in [0.25, 0.3) is 11.3 Å². The van der Waals surface area contributed by atoms with Crippen LogP contribution in [0.3, 0.4) is 0 Å². The van der Waals surface area contributed by atoms with E-state index in [1.807, 2.05) is 60.8 Å². The Bertz CT molecular complexity index is 1000. The van der Waals surface area contributed by atoms with Crippen molar-refractivity contribution in [1.82, 2.24) is 9.88 Å². The fourth-order valence-electron chi connectivity index (χ4n) is 3.78. The van der Waals surface area contributed by atoms with Gasteiger partial charge in [0.2, 0.25) is 11.8 Å². The Balaban J connectivity index is 1.58. The molecule has 2 amide bonds. The molecule has 154 valence electrons. The number of aromatic nitrogens is 1. The van der Waals surface area contributed by atoms with Crippen LogP contribution in [0, 0.1) is 5.92 Å². The van der Waals surface area contributed by atoms with Crippen molar-refractivity contribution in [2.24, 2.45) is 5.92 Å². The highest BCUT2D eigenvalue weighted by Gasteiger charge is 2.36. The summed E-state index contributed by atoms with van der Waals surface area (Å²) >= 11 is 1.48. The molecule has 1 unspecified atom stereocenters. The molecule has 5 nitrogen and oxygen atoms in total. The lowest BCUT2D eigenvalue weighted by molar-refractivity contribution is -0.128. The largest absolute Gasteiger partial charge is 0.342 e. The van der Waals surface area contributed by atoms with Gasteiger partial charge in [-0.3, -0.25) is 14.5 Å². The van der Waals surface area contributed by atoms with Gasteiger partial charge in [-0.2, -0.15) is 0 Å². The second kappa shape index (κ2) is 9.22. The van der Waals surface area contributed by atoms with Crippen LogP contribution in [0.4, 0.5) is 5.13 Å². The lowest BCUT2D eigenvalue weighted by atomic mass is 10.1. The Morgan fingerprint density at radius 3 is 2.50 bits per heavy atom. The summed E-state index contributed by atoms with van der Waals surface area (Å²) in [6.07, 6.45) is 1.02. The quantitative estimate of drug-likeness (QED) is 0.575. The fraction of sp³-hybridized carbons (Fsp3) is 0.292. The zero-order valence-electron chi connectivity index (χ0n) is 17.0. The Labute approximate surface area is 181 Å². The molecule has 1 aliphatic rings. The van der Waals surface area contributed by atoms with Crippen molar-refractivity contribution in [3.05, 3.63) is 71.6 Å². The SMILES string of the molecule is CCN1CC(C(=O)N(CCc2ccccc2)c2nc(-c3ccccc3)cs2)CC1=O. The van der Waals surface area contributed by atoms with Gasteiger partial charge in [-0.15, -0.1) is 11.3 Å². The van der Waals surface area contributed by atoms with E-state index in [1.165, 1.54) is 16.9 Å². The number of anilines is 1. The van der Waals surface area contributed by atoms with Crippen LogP contribution >= 0.6 is 11.3 Å². The molecule has 0 N–H and O–H groups in total. The van der Waals surface area contributed by atoms with Crippen molar-refractivity contribution in [2.75, 3.05) is 24.5 Å². The van der Waals surface area contributed by atoms with Crippen molar-refractivity contribution in [1.29, 1.82) is 0 Å². The molecule has 1 saturated heterocycles. The highest BCUT2D eigenvalue weighted by Crippen LogP contribution is 2.30. The molecule has 6 heteroatoms. The highest BCUT2D eigenvalue weighted by atomic mass is 32.1. The van der Waals surface area contributed by atoms with Crippen LogP contribution in [0.1, 0.15) is 18.9 Å². The summed E-state index contributed by atoms with van der Waals surface area (Å²) in [6.45, 7) is 3.63. The van der Waals surface area contributed by atoms with Crippen LogP contribution in [0.2, 0.25) is 0 Å². The number of carbonyl (C=O) groups excluding carboxylic acids is 2. The van der Waals surface area contributed by atoms with Crippen molar-refractivity contribution < 1.29 is 9.59 Å². The molecule has 1 aromatic heterocycles. The van der Waals surface area contributed by atoms with E-state index in [0.717, 1.165) is 17.7 Å². The minimum Gasteiger partial charge on any atom is -0.342 e. The van der Waals surface area contributed by atoms with Gasteiger partial charge in [0.25, 0.3) is 0 Å². The molecule has 0 spiro atoms. The third kappa shape index (κ3) is 4.44. The van der Waals surface area contributed by atoms with E-state index in [0.29, 0.717) is 24.8 Å². The first-order valence-corrected chi connectivity index (χ1v) is 11.2. The number of hydrogen-bond donors (Lipinski definition) is 0. The first kappa shape index (κ1) is 20.3. The molecule has 3 aromatic rings. The predicted octanol–water partition coefficient (Wildman–Crippen LogP) is 4.25. The molecule has 1 fully saturated rings. The second-order valence-electron chi connectivity index (χ2n) is 7.44. The topological polar surface area (TPSA) is 53.5 Å². The number of thiazole rings is 1. The van der Waals surface area contributed by atoms with Crippen LogP contribution in [-0.4, -0.2) is 41.3 Å².